The summed E-state index contributed by atoms with van der Waals surface area (Å²) in [6.45, 7) is 0. The molecule has 0 aliphatic heterocycles. The van der Waals surface area contributed by atoms with E-state index in [1.54, 1.807) is 0 Å². The van der Waals surface area contributed by atoms with Crippen LogP contribution in [0.3, 0.4) is 0 Å². The van der Waals surface area contributed by atoms with Gasteiger partial charge in [0.05, 0.1) is 24.2 Å². The summed E-state index contributed by atoms with van der Waals surface area (Å²) in [6, 6.07) is 23.4. The molecular formula is C34H40N8O2. The first kappa shape index (κ1) is 30.6. The molecule has 2 aromatic carbocycles. The van der Waals surface area contributed by atoms with Crippen molar-refractivity contribution >= 4 is 34.8 Å². The Morgan fingerprint density at radius 3 is 1.36 bits per heavy atom. The van der Waals surface area contributed by atoms with Crippen LogP contribution in [-0.4, -0.2) is 60.4 Å². The number of hydrogen-bond donors (Lipinski definition) is 2. The van der Waals surface area contributed by atoms with E-state index in [9.17, 15) is 9.59 Å². The summed E-state index contributed by atoms with van der Waals surface area (Å²) in [4.78, 5) is 29.2. The van der Waals surface area contributed by atoms with Crippen LogP contribution in [0, 0.1) is 0 Å². The highest BCUT2D eigenvalue weighted by molar-refractivity contribution is 5.92. The van der Waals surface area contributed by atoms with E-state index in [2.05, 4.69) is 31.0 Å². The first-order chi connectivity index (χ1) is 21.2. The number of carbonyl (C=O) groups excluding carboxylic acids is 2. The van der Waals surface area contributed by atoms with Crippen LogP contribution in [0.2, 0.25) is 0 Å². The zero-order chi connectivity index (χ0) is 31.1. The fourth-order valence-corrected chi connectivity index (χ4v) is 5.55. The Kier molecular flexibility index (Phi) is 9.79. The summed E-state index contributed by atoms with van der Waals surface area (Å²) in [5.74, 6) is 1.15. The molecule has 5 rings (SSSR count). The van der Waals surface area contributed by atoms with Crippen molar-refractivity contribution < 1.29 is 9.59 Å². The zero-order valence-electron chi connectivity index (χ0n) is 25.8. The smallest absolute Gasteiger partial charge is 0.229 e. The number of nitrogens with zero attached hydrogens (tertiary/aromatic N) is 6. The Balaban J connectivity index is 1.11. The third-order valence-electron chi connectivity index (χ3n) is 8.05. The van der Waals surface area contributed by atoms with Crippen molar-refractivity contribution in [2.45, 2.75) is 50.4 Å². The van der Waals surface area contributed by atoms with Gasteiger partial charge in [-0.3, -0.25) is 9.59 Å². The SMILES string of the molecule is CN(C)c1ccc(CC(=O)Nc2ccc([C@@H]3CCC[C@@H](c4ccc(NC(=O)Cc5ccc(N(C)C)cc5)nn4)C3)nn2)cc1. The van der Waals surface area contributed by atoms with Crippen molar-refractivity contribution in [3.8, 4) is 0 Å². The van der Waals surface area contributed by atoms with Crippen LogP contribution >= 0.6 is 0 Å². The standard InChI is InChI=1S/C34H40N8O2/c1-41(2)27-12-8-23(9-13-27)20-33(43)35-31-18-16-29(37-39-31)25-6-5-7-26(22-25)30-17-19-32(40-38-30)36-34(44)21-24-10-14-28(15-11-24)42(3)4/h8-19,25-26H,5-7,20-22H2,1-4H3,(H,35,39,43)(H,36,40,44)/t25-,26-/m1/s1. The second-order valence-electron chi connectivity index (χ2n) is 11.8. The van der Waals surface area contributed by atoms with Gasteiger partial charge < -0.3 is 20.4 Å². The molecule has 0 unspecified atom stereocenters. The van der Waals surface area contributed by atoms with E-state index in [1.807, 2.05) is 111 Å². The van der Waals surface area contributed by atoms with Crippen molar-refractivity contribution in [2.75, 3.05) is 48.6 Å². The maximum absolute atomic E-state index is 12.6. The zero-order valence-corrected chi connectivity index (χ0v) is 25.8. The highest BCUT2D eigenvalue weighted by Crippen LogP contribution is 2.40. The lowest BCUT2D eigenvalue weighted by molar-refractivity contribution is -0.116. The molecule has 10 heteroatoms. The minimum Gasteiger partial charge on any atom is -0.378 e. The summed E-state index contributed by atoms with van der Waals surface area (Å²) < 4.78 is 0. The normalized spacial score (nSPS) is 16.2. The molecule has 228 valence electrons. The molecule has 2 N–H and O–H groups in total. The van der Waals surface area contributed by atoms with Gasteiger partial charge in [0.25, 0.3) is 0 Å². The largest absolute Gasteiger partial charge is 0.378 e. The number of hydrogen-bond acceptors (Lipinski definition) is 8. The fraction of sp³-hybridized carbons (Fsp3) is 0.353. The van der Waals surface area contributed by atoms with Crippen LogP contribution < -0.4 is 20.4 Å². The minimum absolute atomic E-state index is 0.126. The third kappa shape index (κ3) is 8.15. The summed E-state index contributed by atoms with van der Waals surface area (Å²) in [6.07, 6.45) is 4.54. The number of benzene rings is 2. The van der Waals surface area contributed by atoms with Crippen LogP contribution in [0.25, 0.3) is 0 Å². The van der Waals surface area contributed by atoms with E-state index in [1.165, 1.54) is 0 Å². The maximum atomic E-state index is 12.6. The molecule has 44 heavy (non-hydrogen) atoms. The van der Waals surface area contributed by atoms with Crippen molar-refractivity contribution in [3.63, 3.8) is 0 Å². The average molecular weight is 593 g/mol. The van der Waals surface area contributed by atoms with Crippen molar-refractivity contribution in [1.29, 1.82) is 0 Å². The molecule has 2 heterocycles. The molecule has 0 bridgehead atoms. The molecule has 0 saturated heterocycles. The van der Waals surface area contributed by atoms with Gasteiger partial charge in [-0.2, -0.15) is 10.2 Å². The summed E-state index contributed by atoms with van der Waals surface area (Å²) in [5, 5.41) is 23.2. The Bertz CT molecular complexity index is 1420. The van der Waals surface area contributed by atoms with Gasteiger partial charge in [0, 0.05) is 51.4 Å². The second-order valence-corrected chi connectivity index (χ2v) is 11.8. The molecule has 1 fully saturated rings. The predicted molar refractivity (Wildman–Crippen MR) is 174 cm³/mol. The molecule has 0 spiro atoms. The summed E-state index contributed by atoms with van der Waals surface area (Å²) in [5.41, 5.74) is 5.90. The quantitative estimate of drug-likeness (QED) is 0.258. The lowest BCUT2D eigenvalue weighted by atomic mass is 9.78. The van der Waals surface area contributed by atoms with Crippen LogP contribution in [0.15, 0.2) is 72.8 Å². The fourth-order valence-electron chi connectivity index (χ4n) is 5.55. The Morgan fingerprint density at radius 1 is 0.614 bits per heavy atom. The Morgan fingerprint density at radius 2 is 1.02 bits per heavy atom. The predicted octanol–water partition coefficient (Wildman–Crippen LogP) is 5.20. The van der Waals surface area contributed by atoms with Gasteiger partial charge in [-0.05, 0) is 78.9 Å². The van der Waals surface area contributed by atoms with Gasteiger partial charge in [0.15, 0.2) is 11.6 Å². The topological polar surface area (TPSA) is 116 Å². The van der Waals surface area contributed by atoms with E-state index < -0.39 is 0 Å². The van der Waals surface area contributed by atoms with E-state index in [4.69, 9.17) is 0 Å². The molecule has 0 radical (unpaired) electrons. The summed E-state index contributed by atoms with van der Waals surface area (Å²) >= 11 is 0. The van der Waals surface area contributed by atoms with Gasteiger partial charge in [-0.15, -0.1) is 10.2 Å². The van der Waals surface area contributed by atoms with E-state index >= 15 is 0 Å². The summed E-state index contributed by atoms with van der Waals surface area (Å²) in [7, 11) is 7.95. The Labute approximate surface area is 258 Å². The molecule has 1 saturated carbocycles. The van der Waals surface area contributed by atoms with Crippen molar-refractivity contribution in [1.82, 2.24) is 20.4 Å². The number of amides is 2. The molecule has 4 aromatic rings. The van der Waals surface area contributed by atoms with Gasteiger partial charge in [-0.1, -0.05) is 30.7 Å². The molecule has 2 amide bonds. The number of carbonyl (C=O) groups is 2. The van der Waals surface area contributed by atoms with Crippen LogP contribution in [-0.2, 0) is 22.4 Å². The number of rotatable bonds is 10. The monoisotopic (exact) mass is 592 g/mol. The molecule has 2 atom stereocenters. The van der Waals surface area contributed by atoms with E-state index in [0.29, 0.717) is 11.6 Å². The second kappa shape index (κ2) is 14.1. The molecule has 10 nitrogen and oxygen atoms in total. The lowest BCUT2D eigenvalue weighted by Crippen LogP contribution is -2.18. The molecule has 2 aromatic heterocycles. The number of anilines is 4. The minimum atomic E-state index is -0.126. The average Bonchev–Trinajstić information content (AvgIpc) is 3.02. The van der Waals surface area contributed by atoms with Crippen LogP contribution in [0.5, 0.6) is 0 Å². The van der Waals surface area contributed by atoms with Gasteiger partial charge in [-0.25, -0.2) is 0 Å². The van der Waals surface area contributed by atoms with Crippen molar-refractivity contribution in [3.05, 3.63) is 95.3 Å². The first-order valence-corrected chi connectivity index (χ1v) is 15.0. The van der Waals surface area contributed by atoms with Crippen molar-refractivity contribution in [2.24, 2.45) is 0 Å². The molecule has 1 aliphatic carbocycles. The maximum Gasteiger partial charge on any atom is 0.229 e. The van der Waals surface area contributed by atoms with Crippen LogP contribution in [0.4, 0.5) is 23.0 Å². The molecular weight excluding hydrogens is 552 g/mol. The van der Waals surface area contributed by atoms with Crippen LogP contribution in [0.1, 0.15) is 60.0 Å². The Hall–Kier alpha value is -4.86. The molecule has 1 aliphatic rings. The van der Waals surface area contributed by atoms with Gasteiger partial charge in [0.2, 0.25) is 11.8 Å². The highest BCUT2D eigenvalue weighted by atomic mass is 16.2. The van der Waals surface area contributed by atoms with Gasteiger partial charge >= 0.3 is 0 Å². The highest BCUT2D eigenvalue weighted by Gasteiger charge is 2.27. The van der Waals surface area contributed by atoms with Gasteiger partial charge in [0.1, 0.15) is 0 Å². The lowest BCUT2D eigenvalue weighted by Gasteiger charge is -2.28. The third-order valence-corrected chi connectivity index (χ3v) is 8.05. The number of aromatic nitrogens is 4. The van der Waals surface area contributed by atoms with E-state index in [0.717, 1.165) is 59.6 Å². The number of nitrogens with one attached hydrogen (secondary N) is 2. The van der Waals surface area contributed by atoms with E-state index in [-0.39, 0.29) is 36.5 Å². The first-order valence-electron chi connectivity index (χ1n) is 15.0.